The smallest absolute Gasteiger partial charge is 0.145 e. The Labute approximate surface area is 242 Å². The first kappa shape index (κ1) is 23.1. The summed E-state index contributed by atoms with van der Waals surface area (Å²) in [6, 6.07) is 54.1. The summed E-state index contributed by atoms with van der Waals surface area (Å²) in [4.78, 5) is 5.20. The number of para-hydroxylation sites is 2. The summed E-state index contributed by atoms with van der Waals surface area (Å²) in [5.74, 6) is 0.944. The predicted molar refractivity (Wildman–Crippen MR) is 175 cm³/mol. The van der Waals surface area contributed by atoms with Crippen LogP contribution >= 0.6 is 0 Å². The molecule has 0 spiro atoms. The second-order valence-electron chi connectivity index (χ2n) is 10.9. The molecule has 3 heteroatoms. The van der Waals surface area contributed by atoms with Gasteiger partial charge in [0.05, 0.1) is 22.1 Å². The molecule has 0 amide bonds. The predicted octanol–water partition coefficient (Wildman–Crippen LogP) is 10.0. The Kier molecular flexibility index (Phi) is 4.90. The van der Waals surface area contributed by atoms with Crippen molar-refractivity contribution in [2.24, 2.45) is 0 Å². The molecule has 0 saturated heterocycles. The van der Waals surface area contributed by atoms with Crippen molar-refractivity contribution in [2.75, 3.05) is 0 Å². The Morgan fingerprint density at radius 3 is 1.81 bits per heavy atom. The Hall–Kier alpha value is -5.67. The van der Waals surface area contributed by atoms with Crippen LogP contribution in [0.1, 0.15) is 0 Å². The Morgan fingerprint density at radius 2 is 1.05 bits per heavy atom. The summed E-state index contributed by atoms with van der Waals surface area (Å²) in [5, 5.41) is 5.16. The molecule has 0 aliphatic rings. The molecule has 7 aromatic carbocycles. The lowest BCUT2D eigenvalue weighted by atomic mass is 9.97. The number of imidazole rings is 1. The van der Waals surface area contributed by atoms with Crippen LogP contribution in [0.2, 0.25) is 0 Å². The van der Waals surface area contributed by atoms with E-state index in [-0.39, 0.29) is 0 Å². The molecule has 9 rings (SSSR count). The lowest BCUT2D eigenvalue weighted by Crippen LogP contribution is -1.97. The lowest BCUT2D eigenvalue weighted by molar-refractivity contribution is 1.10. The third-order valence-electron chi connectivity index (χ3n) is 8.45. The van der Waals surface area contributed by atoms with Crippen molar-refractivity contribution >= 4 is 43.6 Å². The van der Waals surface area contributed by atoms with Gasteiger partial charge >= 0.3 is 0 Å². The van der Waals surface area contributed by atoms with Crippen LogP contribution in [0.5, 0.6) is 0 Å². The van der Waals surface area contributed by atoms with Gasteiger partial charge in [0.1, 0.15) is 5.82 Å². The van der Waals surface area contributed by atoms with Crippen LogP contribution in [0.4, 0.5) is 0 Å². The van der Waals surface area contributed by atoms with Crippen LogP contribution in [0.25, 0.3) is 77.5 Å². The molecule has 196 valence electrons. The van der Waals surface area contributed by atoms with E-state index in [4.69, 9.17) is 4.98 Å². The van der Waals surface area contributed by atoms with E-state index in [0.29, 0.717) is 0 Å². The van der Waals surface area contributed by atoms with E-state index in [2.05, 4.69) is 155 Å². The van der Waals surface area contributed by atoms with Crippen molar-refractivity contribution in [1.29, 1.82) is 0 Å². The molecule has 0 saturated carbocycles. The van der Waals surface area contributed by atoms with Gasteiger partial charge in [-0.25, -0.2) is 4.98 Å². The summed E-state index contributed by atoms with van der Waals surface area (Å²) in [5.41, 5.74) is 10.2. The quantitative estimate of drug-likeness (QED) is 0.206. The summed E-state index contributed by atoms with van der Waals surface area (Å²) < 4.78 is 4.67. The number of aromatic nitrogens is 3. The van der Waals surface area contributed by atoms with Gasteiger partial charge in [-0.1, -0.05) is 97.1 Å². The second kappa shape index (κ2) is 8.92. The van der Waals surface area contributed by atoms with Crippen LogP contribution in [0.15, 0.2) is 152 Å². The standard InChI is InChI=1S/C39H25N3/c1-4-11-27(12-5-1)39-40-33-24-28(21-22-34(33)42(39)32-16-8-3-9-17-32)30-23-29-20-19-26-13-10-18-35-37(26)38(29)36(25-30)41(35)31-14-6-2-7-15-31/h1-25H. The molecule has 0 aliphatic carbocycles. The minimum absolute atomic E-state index is 0.944. The van der Waals surface area contributed by atoms with Gasteiger partial charge in [-0.2, -0.15) is 0 Å². The average molecular weight is 536 g/mol. The van der Waals surface area contributed by atoms with E-state index >= 15 is 0 Å². The molecule has 9 aromatic rings. The van der Waals surface area contributed by atoms with E-state index in [0.717, 1.165) is 33.7 Å². The SMILES string of the molecule is c1ccc(-c2nc3cc(-c4cc5ccc6cccc7c6c5c(c4)n7-c4ccccc4)ccc3n2-c2ccccc2)cc1. The fourth-order valence-corrected chi connectivity index (χ4v) is 6.59. The first-order valence-corrected chi connectivity index (χ1v) is 14.3. The summed E-state index contributed by atoms with van der Waals surface area (Å²) in [7, 11) is 0. The molecule has 0 fully saturated rings. The maximum absolute atomic E-state index is 5.20. The maximum atomic E-state index is 5.20. The van der Waals surface area contributed by atoms with Gasteiger partial charge in [0.25, 0.3) is 0 Å². The molecule has 0 atom stereocenters. The van der Waals surface area contributed by atoms with E-state index < -0.39 is 0 Å². The van der Waals surface area contributed by atoms with Crippen LogP contribution in [0, 0.1) is 0 Å². The van der Waals surface area contributed by atoms with Gasteiger partial charge in [-0.3, -0.25) is 4.57 Å². The van der Waals surface area contributed by atoms with Gasteiger partial charge in [-0.15, -0.1) is 0 Å². The first-order valence-electron chi connectivity index (χ1n) is 14.3. The van der Waals surface area contributed by atoms with Gasteiger partial charge in [0.2, 0.25) is 0 Å². The molecule has 2 heterocycles. The molecular weight excluding hydrogens is 510 g/mol. The molecule has 0 radical (unpaired) electrons. The van der Waals surface area contributed by atoms with Crippen LogP contribution in [-0.2, 0) is 0 Å². The Balaban J connectivity index is 1.30. The highest BCUT2D eigenvalue weighted by atomic mass is 15.1. The van der Waals surface area contributed by atoms with Gasteiger partial charge in [-0.05, 0) is 76.5 Å². The Bertz CT molecular complexity index is 2380. The third kappa shape index (κ3) is 3.37. The highest BCUT2D eigenvalue weighted by molar-refractivity contribution is 6.25. The summed E-state index contributed by atoms with van der Waals surface area (Å²) in [6.45, 7) is 0. The molecule has 0 unspecified atom stereocenters. The molecule has 2 aromatic heterocycles. The lowest BCUT2D eigenvalue weighted by Gasteiger charge is -2.11. The zero-order chi connectivity index (χ0) is 27.6. The minimum atomic E-state index is 0.944. The normalized spacial score (nSPS) is 11.8. The topological polar surface area (TPSA) is 22.8 Å². The fourth-order valence-electron chi connectivity index (χ4n) is 6.59. The van der Waals surface area contributed by atoms with E-state index in [1.54, 1.807) is 0 Å². The van der Waals surface area contributed by atoms with Crippen LogP contribution in [-0.4, -0.2) is 14.1 Å². The number of hydrogen-bond acceptors (Lipinski definition) is 1. The van der Waals surface area contributed by atoms with Gasteiger partial charge in [0.15, 0.2) is 0 Å². The minimum Gasteiger partial charge on any atom is -0.309 e. The maximum Gasteiger partial charge on any atom is 0.145 e. The van der Waals surface area contributed by atoms with Crippen molar-refractivity contribution in [3.63, 3.8) is 0 Å². The summed E-state index contributed by atoms with van der Waals surface area (Å²) in [6.07, 6.45) is 0. The number of nitrogens with zero attached hydrogens (tertiary/aromatic N) is 3. The van der Waals surface area contributed by atoms with Crippen molar-refractivity contribution < 1.29 is 0 Å². The zero-order valence-corrected chi connectivity index (χ0v) is 22.8. The molecule has 42 heavy (non-hydrogen) atoms. The Morgan fingerprint density at radius 1 is 0.381 bits per heavy atom. The zero-order valence-electron chi connectivity index (χ0n) is 22.8. The number of hydrogen-bond donors (Lipinski definition) is 0. The molecule has 0 aliphatic heterocycles. The monoisotopic (exact) mass is 535 g/mol. The number of benzene rings is 7. The highest BCUT2D eigenvalue weighted by Gasteiger charge is 2.19. The average Bonchev–Trinajstić information content (AvgIpc) is 3.61. The first-order chi connectivity index (χ1) is 20.8. The number of rotatable bonds is 4. The fraction of sp³-hybridized carbons (Fsp3) is 0. The van der Waals surface area contributed by atoms with Crippen LogP contribution < -0.4 is 0 Å². The van der Waals surface area contributed by atoms with Crippen LogP contribution in [0.3, 0.4) is 0 Å². The van der Waals surface area contributed by atoms with Crippen molar-refractivity contribution in [3.8, 4) is 33.9 Å². The molecular formula is C39H25N3. The summed E-state index contributed by atoms with van der Waals surface area (Å²) >= 11 is 0. The third-order valence-corrected chi connectivity index (χ3v) is 8.45. The molecule has 3 nitrogen and oxygen atoms in total. The van der Waals surface area contributed by atoms with Gasteiger partial charge < -0.3 is 4.57 Å². The van der Waals surface area contributed by atoms with Crippen molar-refractivity contribution in [3.05, 3.63) is 152 Å². The molecule has 0 bridgehead atoms. The second-order valence-corrected chi connectivity index (χ2v) is 10.9. The van der Waals surface area contributed by atoms with E-state index in [1.165, 1.54) is 43.8 Å². The van der Waals surface area contributed by atoms with Crippen molar-refractivity contribution in [2.45, 2.75) is 0 Å². The largest absolute Gasteiger partial charge is 0.309 e. The van der Waals surface area contributed by atoms with E-state index in [9.17, 15) is 0 Å². The van der Waals surface area contributed by atoms with E-state index in [1.807, 2.05) is 6.07 Å². The number of fused-ring (bicyclic) bond motifs is 1. The molecule has 0 N–H and O–H groups in total. The van der Waals surface area contributed by atoms with Crippen molar-refractivity contribution in [1.82, 2.24) is 14.1 Å². The highest BCUT2D eigenvalue weighted by Crippen LogP contribution is 2.41. The van der Waals surface area contributed by atoms with Gasteiger partial charge in [0, 0.05) is 27.7 Å².